The normalized spacial score (nSPS) is 10.8. The predicted octanol–water partition coefficient (Wildman–Crippen LogP) is 2.54. The number of aromatic amines is 1. The summed E-state index contributed by atoms with van der Waals surface area (Å²) in [4.78, 5) is 25.4. The summed E-state index contributed by atoms with van der Waals surface area (Å²) in [5.74, 6) is 0.235. The molecule has 0 unspecified atom stereocenters. The molecule has 1 amide bonds. The van der Waals surface area contributed by atoms with E-state index in [0.29, 0.717) is 12.4 Å². The van der Waals surface area contributed by atoms with E-state index < -0.39 is 0 Å². The molecule has 2 heterocycles. The van der Waals surface area contributed by atoms with E-state index in [1.807, 2.05) is 37.3 Å². The lowest BCUT2D eigenvalue weighted by molar-refractivity contribution is 0.0774. The summed E-state index contributed by atoms with van der Waals surface area (Å²) < 4.78 is 0. The second-order valence-electron chi connectivity index (χ2n) is 5.07. The van der Waals surface area contributed by atoms with Crippen molar-refractivity contribution < 1.29 is 4.79 Å². The fraction of sp³-hybridized carbons (Fsp3) is 0.188. The highest BCUT2D eigenvalue weighted by atomic mass is 16.2. The number of nitrogens with zero attached hydrogens (tertiary/aromatic N) is 3. The smallest absolute Gasteiger partial charge is 0.289 e. The largest absolute Gasteiger partial charge is 0.338 e. The van der Waals surface area contributed by atoms with E-state index in [2.05, 4.69) is 15.0 Å². The predicted molar refractivity (Wildman–Crippen MR) is 80.9 cm³/mol. The summed E-state index contributed by atoms with van der Waals surface area (Å²) in [6.07, 6.45) is 3.42. The van der Waals surface area contributed by atoms with E-state index in [1.54, 1.807) is 24.3 Å². The van der Waals surface area contributed by atoms with E-state index >= 15 is 0 Å². The highest BCUT2D eigenvalue weighted by Gasteiger charge is 2.16. The summed E-state index contributed by atoms with van der Waals surface area (Å²) >= 11 is 0. The molecule has 0 saturated heterocycles. The Kier molecular flexibility index (Phi) is 3.39. The van der Waals surface area contributed by atoms with Crippen molar-refractivity contribution in [2.75, 3.05) is 7.05 Å². The zero-order valence-electron chi connectivity index (χ0n) is 12.0. The average molecular weight is 280 g/mol. The maximum Gasteiger partial charge on any atom is 0.289 e. The van der Waals surface area contributed by atoms with Gasteiger partial charge in [0.25, 0.3) is 5.91 Å². The lowest BCUT2D eigenvalue weighted by atomic mass is 10.1. The van der Waals surface area contributed by atoms with E-state index in [4.69, 9.17) is 0 Å². The van der Waals surface area contributed by atoms with E-state index in [1.165, 1.54) is 0 Å². The van der Waals surface area contributed by atoms with Crippen molar-refractivity contribution >= 4 is 16.8 Å². The minimum absolute atomic E-state index is 0.129. The van der Waals surface area contributed by atoms with Gasteiger partial charge in [0.05, 0.1) is 5.52 Å². The summed E-state index contributed by atoms with van der Waals surface area (Å²) in [7, 11) is 1.77. The van der Waals surface area contributed by atoms with Crippen LogP contribution in [-0.4, -0.2) is 32.8 Å². The molecule has 0 bridgehead atoms. The third-order valence-corrected chi connectivity index (χ3v) is 3.38. The number of fused-ring (bicyclic) bond motifs is 1. The molecule has 5 heteroatoms. The lowest BCUT2D eigenvalue weighted by Gasteiger charge is -2.16. The number of para-hydroxylation sites is 1. The Morgan fingerprint density at radius 1 is 1.24 bits per heavy atom. The molecule has 0 saturated carbocycles. The van der Waals surface area contributed by atoms with Gasteiger partial charge < -0.3 is 9.88 Å². The van der Waals surface area contributed by atoms with Gasteiger partial charge in [-0.3, -0.25) is 9.78 Å². The molecular weight excluding hydrogens is 264 g/mol. The molecule has 0 radical (unpaired) electrons. The second kappa shape index (κ2) is 5.36. The molecule has 0 aliphatic heterocycles. The number of H-pyrrole nitrogens is 1. The molecule has 21 heavy (non-hydrogen) atoms. The summed E-state index contributed by atoms with van der Waals surface area (Å²) in [6, 6.07) is 9.92. The van der Waals surface area contributed by atoms with Gasteiger partial charge in [-0.15, -0.1) is 0 Å². The first-order valence-electron chi connectivity index (χ1n) is 6.75. The zero-order valence-corrected chi connectivity index (χ0v) is 12.0. The van der Waals surface area contributed by atoms with Gasteiger partial charge in [-0.1, -0.05) is 24.3 Å². The first-order chi connectivity index (χ1) is 10.1. The Morgan fingerprint density at radius 3 is 2.81 bits per heavy atom. The Labute approximate surface area is 122 Å². The molecule has 5 nitrogen and oxygen atoms in total. The maximum absolute atomic E-state index is 12.3. The topological polar surface area (TPSA) is 61.9 Å². The number of carbonyl (C=O) groups is 1. The van der Waals surface area contributed by atoms with Crippen molar-refractivity contribution in [3.05, 3.63) is 59.8 Å². The molecule has 0 aliphatic rings. The third-order valence-electron chi connectivity index (χ3n) is 3.38. The van der Waals surface area contributed by atoms with Crippen LogP contribution in [0.3, 0.4) is 0 Å². The monoisotopic (exact) mass is 280 g/mol. The summed E-state index contributed by atoms with van der Waals surface area (Å²) in [6.45, 7) is 2.37. The lowest BCUT2D eigenvalue weighted by Crippen LogP contribution is -2.27. The van der Waals surface area contributed by atoms with Crippen LogP contribution in [0.5, 0.6) is 0 Å². The Balaban J connectivity index is 1.86. The SMILES string of the molecule is Cc1cnc(C(=O)N(C)Cc2cccc3cccnc23)[nH]1. The van der Waals surface area contributed by atoms with E-state index in [9.17, 15) is 4.79 Å². The molecule has 3 aromatic rings. The number of imidazole rings is 1. The maximum atomic E-state index is 12.3. The number of carbonyl (C=O) groups excluding carboxylic acids is 1. The van der Waals surface area contributed by atoms with Gasteiger partial charge in [0.15, 0.2) is 5.82 Å². The van der Waals surface area contributed by atoms with Gasteiger partial charge in [-0.05, 0) is 18.6 Å². The van der Waals surface area contributed by atoms with Gasteiger partial charge in [0.1, 0.15) is 0 Å². The number of aryl methyl sites for hydroxylation is 1. The van der Waals surface area contributed by atoms with Crippen LogP contribution >= 0.6 is 0 Å². The van der Waals surface area contributed by atoms with Crippen LogP contribution < -0.4 is 0 Å². The number of benzene rings is 1. The second-order valence-corrected chi connectivity index (χ2v) is 5.07. The van der Waals surface area contributed by atoms with Gasteiger partial charge in [0.2, 0.25) is 0 Å². The van der Waals surface area contributed by atoms with Crippen LogP contribution in [0, 0.1) is 6.92 Å². The fourth-order valence-electron chi connectivity index (χ4n) is 2.32. The molecule has 1 aromatic carbocycles. The number of pyridine rings is 1. The Bertz CT molecular complexity index is 788. The van der Waals surface area contributed by atoms with Crippen LogP contribution in [0.15, 0.2) is 42.7 Å². The first kappa shape index (κ1) is 13.3. The van der Waals surface area contributed by atoms with Crippen LogP contribution in [0.2, 0.25) is 0 Å². The molecule has 3 rings (SSSR count). The van der Waals surface area contributed by atoms with Crippen LogP contribution in [0.1, 0.15) is 21.9 Å². The molecule has 0 spiro atoms. The van der Waals surface area contributed by atoms with Crippen molar-refractivity contribution in [1.82, 2.24) is 19.9 Å². The number of aromatic nitrogens is 3. The first-order valence-corrected chi connectivity index (χ1v) is 6.75. The van der Waals surface area contributed by atoms with Gasteiger partial charge >= 0.3 is 0 Å². The summed E-state index contributed by atoms with van der Waals surface area (Å²) in [5.41, 5.74) is 2.82. The van der Waals surface area contributed by atoms with E-state index in [0.717, 1.165) is 22.2 Å². The van der Waals surface area contributed by atoms with Crippen LogP contribution in [0.4, 0.5) is 0 Å². The van der Waals surface area contributed by atoms with Gasteiger partial charge in [-0.25, -0.2) is 4.98 Å². The fourth-order valence-corrected chi connectivity index (χ4v) is 2.32. The molecule has 0 atom stereocenters. The van der Waals surface area contributed by atoms with Crippen molar-refractivity contribution in [2.45, 2.75) is 13.5 Å². The van der Waals surface area contributed by atoms with Crippen molar-refractivity contribution in [2.24, 2.45) is 0 Å². The number of rotatable bonds is 3. The molecule has 0 aliphatic carbocycles. The third kappa shape index (κ3) is 2.63. The highest BCUT2D eigenvalue weighted by molar-refractivity contribution is 5.91. The number of amides is 1. The molecule has 2 aromatic heterocycles. The highest BCUT2D eigenvalue weighted by Crippen LogP contribution is 2.17. The van der Waals surface area contributed by atoms with E-state index in [-0.39, 0.29) is 5.91 Å². The molecule has 106 valence electrons. The van der Waals surface area contributed by atoms with Gasteiger partial charge in [0, 0.05) is 37.1 Å². The average Bonchev–Trinajstić information content (AvgIpc) is 2.93. The number of nitrogens with one attached hydrogen (secondary N) is 1. The molecular formula is C16H16N4O. The Morgan fingerprint density at radius 2 is 2.05 bits per heavy atom. The van der Waals surface area contributed by atoms with Crippen molar-refractivity contribution in [3.8, 4) is 0 Å². The van der Waals surface area contributed by atoms with Crippen LogP contribution in [0.25, 0.3) is 10.9 Å². The minimum atomic E-state index is -0.129. The zero-order chi connectivity index (χ0) is 14.8. The molecule has 0 fully saturated rings. The van der Waals surface area contributed by atoms with Crippen molar-refractivity contribution in [1.29, 1.82) is 0 Å². The van der Waals surface area contributed by atoms with Crippen molar-refractivity contribution in [3.63, 3.8) is 0 Å². The number of hydrogen-bond acceptors (Lipinski definition) is 3. The summed E-state index contributed by atoms with van der Waals surface area (Å²) in [5, 5.41) is 1.07. The minimum Gasteiger partial charge on any atom is -0.338 e. The quantitative estimate of drug-likeness (QED) is 0.802. The van der Waals surface area contributed by atoms with Gasteiger partial charge in [-0.2, -0.15) is 0 Å². The standard InChI is InChI=1S/C16H16N4O/c1-11-9-18-15(19-11)16(21)20(2)10-13-6-3-5-12-7-4-8-17-14(12)13/h3-9H,10H2,1-2H3,(H,18,19). The van der Waals surface area contributed by atoms with Crippen LogP contribution in [-0.2, 0) is 6.54 Å². The molecule has 1 N–H and O–H groups in total. The Hall–Kier alpha value is -2.69. The number of hydrogen-bond donors (Lipinski definition) is 1.